The van der Waals surface area contributed by atoms with E-state index in [-0.39, 0.29) is 0 Å². The van der Waals surface area contributed by atoms with E-state index in [4.69, 9.17) is 0 Å². The summed E-state index contributed by atoms with van der Waals surface area (Å²) in [5.41, 5.74) is 0. The number of hydrogen-bond donors (Lipinski definition) is 0. The lowest BCUT2D eigenvalue weighted by Gasteiger charge is -2.44. The second-order valence-corrected chi connectivity index (χ2v) is 7.19. The summed E-state index contributed by atoms with van der Waals surface area (Å²) in [7, 11) is 0. The Morgan fingerprint density at radius 1 is 0.909 bits per heavy atom. The van der Waals surface area contributed by atoms with Gasteiger partial charge in [-0.1, -0.05) is 26.2 Å². The number of amides is 1. The monoisotopic (exact) mass is 307 g/mol. The average Bonchev–Trinajstić information content (AvgIpc) is 2.54. The molecule has 0 aromatic heterocycles. The van der Waals surface area contributed by atoms with Crippen LogP contribution in [0.5, 0.6) is 0 Å². The molecule has 0 radical (unpaired) electrons. The first-order valence-electron chi connectivity index (χ1n) is 9.53. The van der Waals surface area contributed by atoms with E-state index in [1.54, 1.807) is 0 Å². The van der Waals surface area contributed by atoms with Crippen LogP contribution in [-0.2, 0) is 9.59 Å². The summed E-state index contributed by atoms with van der Waals surface area (Å²) in [4.78, 5) is 26.2. The summed E-state index contributed by atoms with van der Waals surface area (Å²) in [5, 5.41) is 0. The lowest BCUT2D eigenvalue weighted by Crippen LogP contribution is -2.49. The first-order valence-corrected chi connectivity index (χ1v) is 9.53. The molecule has 0 aromatic rings. The Morgan fingerprint density at radius 3 is 2.45 bits per heavy atom. The highest BCUT2D eigenvalue weighted by molar-refractivity contribution is 5.78. The minimum atomic E-state index is 0.372. The molecule has 3 heteroatoms. The Hall–Kier alpha value is -0.860. The maximum Gasteiger partial charge on any atom is 0.222 e. The van der Waals surface area contributed by atoms with Crippen LogP contribution in [0, 0.1) is 5.92 Å². The Morgan fingerprint density at radius 2 is 1.64 bits per heavy atom. The van der Waals surface area contributed by atoms with Crippen molar-refractivity contribution in [1.29, 1.82) is 0 Å². The van der Waals surface area contributed by atoms with Crippen LogP contribution in [0.4, 0.5) is 0 Å². The van der Waals surface area contributed by atoms with Gasteiger partial charge >= 0.3 is 0 Å². The zero-order chi connectivity index (χ0) is 15.8. The second kappa shape index (κ2) is 9.32. The fourth-order valence-corrected chi connectivity index (χ4v) is 4.26. The van der Waals surface area contributed by atoms with Gasteiger partial charge in [0.15, 0.2) is 0 Å². The van der Waals surface area contributed by atoms with E-state index >= 15 is 0 Å². The van der Waals surface area contributed by atoms with Crippen molar-refractivity contribution in [3.05, 3.63) is 0 Å². The molecular weight excluding hydrogens is 274 g/mol. The van der Waals surface area contributed by atoms with Gasteiger partial charge in [-0.25, -0.2) is 0 Å². The number of unbranched alkanes of at least 4 members (excludes halogenated alkanes) is 2. The lowest BCUT2D eigenvalue weighted by molar-refractivity contribution is -0.137. The molecule has 1 aliphatic carbocycles. The summed E-state index contributed by atoms with van der Waals surface area (Å²) in [6.07, 6.45) is 13.7. The van der Waals surface area contributed by atoms with Gasteiger partial charge in [-0.3, -0.25) is 9.59 Å². The van der Waals surface area contributed by atoms with Crippen LogP contribution in [-0.4, -0.2) is 29.2 Å². The van der Waals surface area contributed by atoms with Crippen LogP contribution < -0.4 is 0 Å². The predicted octanol–water partition coefficient (Wildman–Crippen LogP) is 4.49. The number of carbonyl (C=O) groups is 2. The number of ketones is 1. The minimum Gasteiger partial charge on any atom is -0.339 e. The summed E-state index contributed by atoms with van der Waals surface area (Å²) in [6, 6.07) is 0.543. The molecular formula is C19H33NO2. The van der Waals surface area contributed by atoms with Crippen LogP contribution >= 0.6 is 0 Å². The standard InChI is InChI=1S/C19H33NO2/c1-2-9-17(21)12-4-3-5-14-19(22)20-15-8-11-16-10-6-7-13-18(16)20/h16,18H,2-15H2,1H3. The van der Waals surface area contributed by atoms with E-state index in [1.807, 2.05) is 6.92 Å². The van der Waals surface area contributed by atoms with E-state index in [9.17, 15) is 9.59 Å². The van der Waals surface area contributed by atoms with Gasteiger partial charge in [0.1, 0.15) is 5.78 Å². The third kappa shape index (κ3) is 5.10. The van der Waals surface area contributed by atoms with E-state index < -0.39 is 0 Å². The van der Waals surface area contributed by atoms with Crippen molar-refractivity contribution in [1.82, 2.24) is 4.90 Å². The van der Waals surface area contributed by atoms with E-state index in [2.05, 4.69) is 4.90 Å². The largest absolute Gasteiger partial charge is 0.339 e. The van der Waals surface area contributed by atoms with Gasteiger partial charge in [0.05, 0.1) is 0 Å². The summed E-state index contributed by atoms with van der Waals surface area (Å²) in [6.45, 7) is 3.03. The van der Waals surface area contributed by atoms with E-state index in [1.165, 1.54) is 38.5 Å². The van der Waals surface area contributed by atoms with Crippen LogP contribution in [0.3, 0.4) is 0 Å². The number of fused-ring (bicyclic) bond motifs is 1. The Labute approximate surface area is 135 Å². The van der Waals surface area contributed by atoms with Crippen molar-refractivity contribution < 1.29 is 9.59 Å². The highest BCUT2D eigenvalue weighted by Crippen LogP contribution is 2.35. The molecule has 2 rings (SSSR count). The molecule has 2 atom stereocenters. The number of likely N-dealkylation sites (tertiary alicyclic amines) is 1. The molecule has 2 unspecified atom stereocenters. The Bertz CT molecular complexity index is 364. The molecule has 0 bridgehead atoms. The van der Waals surface area contributed by atoms with Crippen LogP contribution in [0.15, 0.2) is 0 Å². The number of hydrogen-bond acceptors (Lipinski definition) is 2. The first kappa shape index (κ1) is 17.5. The predicted molar refractivity (Wildman–Crippen MR) is 89.7 cm³/mol. The van der Waals surface area contributed by atoms with Crippen LogP contribution in [0.25, 0.3) is 0 Å². The first-order chi connectivity index (χ1) is 10.7. The molecule has 2 fully saturated rings. The van der Waals surface area contributed by atoms with Crippen LogP contribution in [0.2, 0.25) is 0 Å². The third-order valence-corrected chi connectivity index (χ3v) is 5.44. The molecule has 0 N–H and O–H groups in total. The number of nitrogens with zero attached hydrogens (tertiary/aromatic N) is 1. The van der Waals surface area contributed by atoms with Gasteiger partial charge in [0, 0.05) is 31.8 Å². The van der Waals surface area contributed by atoms with E-state index in [0.717, 1.165) is 44.6 Å². The van der Waals surface area contributed by atoms with Crippen molar-refractivity contribution in [3.63, 3.8) is 0 Å². The molecule has 126 valence electrons. The Balaban J connectivity index is 1.65. The molecule has 0 spiro atoms. The number of carbonyl (C=O) groups excluding carboxylic acids is 2. The summed E-state index contributed by atoms with van der Waals surface area (Å²) >= 11 is 0. The van der Waals surface area contributed by atoms with Gasteiger partial charge in [-0.05, 0) is 50.9 Å². The molecule has 0 aromatic carbocycles. The highest BCUT2D eigenvalue weighted by atomic mass is 16.2. The average molecular weight is 307 g/mol. The summed E-state index contributed by atoms with van der Waals surface area (Å²) < 4.78 is 0. The highest BCUT2D eigenvalue weighted by Gasteiger charge is 2.35. The fraction of sp³-hybridized carbons (Fsp3) is 0.895. The van der Waals surface area contributed by atoms with Crippen LogP contribution in [0.1, 0.15) is 90.4 Å². The van der Waals surface area contributed by atoms with Crippen molar-refractivity contribution >= 4 is 11.7 Å². The molecule has 1 amide bonds. The van der Waals surface area contributed by atoms with Crippen molar-refractivity contribution in [3.8, 4) is 0 Å². The molecule has 22 heavy (non-hydrogen) atoms. The maximum atomic E-state index is 12.5. The topological polar surface area (TPSA) is 37.4 Å². The van der Waals surface area contributed by atoms with Crippen molar-refractivity contribution in [2.75, 3.05) is 6.54 Å². The van der Waals surface area contributed by atoms with Crippen molar-refractivity contribution in [2.24, 2.45) is 5.92 Å². The number of piperidine rings is 1. The quantitative estimate of drug-likeness (QED) is 0.620. The van der Waals surface area contributed by atoms with Crippen molar-refractivity contribution in [2.45, 2.75) is 96.4 Å². The molecule has 1 saturated carbocycles. The zero-order valence-electron chi connectivity index (χ0n) is 14.3. The smallest absolute Gasteiger partial charge is 0.222 e. The van der Waals surface area contributed by atoms with Gasteiger partial charge < -0.3 is 4.90 Å². The minimum absolute atomic E-state index is 0.372. The zero-order valence-corrected chi connectivity index (χ0v) is 14.3. The SMILES string of the molecule is CCCC(=O)CCCCCC(=O)N1CCCC2CCCCC21. The Kier molecular flexibility index (Phi) is 7.41. The molecule has 1 heterocycles. The third-order valence-electron chi connectivity index (χ3n) is 5.44. The van der Waals surface area contributed by atoms with E-state index in [0.29, 0.717) is 30.6 Å². The van der Waals surface area contributed by atoms with Gasteiger partial charge in [-0.2, -0.15) is 0 Å². The maximum absolute atomic E-state index is 12.5. The molecule has 1 saturated heterocycles. The molecule has 3 nitrogen and oxygen atoms in total. The summed E-state index contributed by atoms with van der Waals surface area (Å²) in [5.74, 6) is 1.53. The second-order valence-electron chi connectivity index (χ2n) is 7.19. The normalized spacial score (nSPS) is 24.9. The molecule has 1 aliphatic heterocycles. The van der Waals surface area contributed by atoms with Gasteiger partial charge in [0.2, 0.25) is 5.91 Å². The van der Waals surface area contributed by atoms with Gasteiger partial charge in [0.25, 0.3) is 0 Å². The number of Topliss-reactive ketones (excluding diaryl/α,β-unsaturated/α-hetero) is 1. The number of rotatable bonds is 8. The van der Waals surface area contributed by atoms with Gasteiger partial charge in [-0.15, -0.1) is 0 Å². The fourth-order valence-electron chi connectivity index (χ4n) is 4.26. The molecule has 2 aliphatic rings. The lowest BCUT2D eigenvalue weighted by atomic mass is 9.78.